The van der Waals surface area contributed by atoms with E-state index < -0.39 is 0 Å². The molecule has 0 unspecified atom stereocenters. The predicted octanol–water partition coefficient (Wildman–Crippen LogP) is 3.17. The van der Waals surface area contributed by atoms with Gasteiger partial charge in [-0.2, -0.15) is 0 Å². The number of piperidine rings is 1. The van der Waals surface area contributed by atoms with E-state index >= 15 is 0 Å². The fourth-order valence-electron chi connectivity index (χ4n) is 3.74. The molecule has 0 aromatic heterocycles. The summed E-state index contributed by atoms with van der Waals surface area (Å²) in [6.07, 6.45) is 3.84. The van der Waals surface area contributed by atoms with Gasteiger partial charge in [0.25, 0.3) is 0 Å². The van der Waals surface area contributed by atoms with Crippen LogP contribution in [0.4, 0.5) is 4.79 Å². The van der Waals surface area contributed by atoms with Crippen molar-refractivity contribution in [3.63, 3.8) is 0 Å². The number of amides is 1. The Labute approximate surface area is 178 Å². The zero-order valence-corrected chi connectivity index (χ0v) is 18.6. The molecule has 1 amide bonds. The minimum absolute atomic E-state index is 0. The quantitative estimate of drug-likeness (QED) is 0.381. The van der Waals surface area contributed by atoms with Gasteiger partial charge in [0.15, 0.2) is 5.96 Å². The van der Waals surface area contributed by atoms with Crippen molar-refractivity contribution in [2.45, 2.75) is 51.0 Å². The Morgan fingerprint density at radius 2 is 2.00 bits per heavy atom. The van der Waals surface area contributed by atoms with Crippen LogP contribution in [-0.2, 0) is 10.2 Å². The van der Waals surface area contributed by atoms with Crippen LogP contribution in [0.2, 0.25) is 0 Å². The van der Waals surface area contributed by atoms with Gasteiger partial charge in [-0.15, -0.1) is 24.0 Å². The lowest BCUT2D eigenvalue weighted by molar-refractivity contribution is 0.0963. The number of hydrogen-bond donors (Lipinski definition) is 2. The van der Waals surface area contributed by atoms with Gasteiger partial charge in [0.1, 0.15) is 0 Å². The van der Waals surface area contributed by atoms with Crippen LogP contribution < -0.4 is 11.1 Å². The lowest BCUT2D eigenvalue weighted by atomic mass is 9.92. The maximum atomic E-state index is 11.7. The SMILES string of the molecule is CCOC(=O)N1CCC(NC(N)=NCC2(c3ccccc3C)CC2)CC1.I. The Balaban J connectivity index is 0.00000261. The molecule has 1 aliphatic carbocycles. The third kappa shape index (κ3) is 5.49. The van der Waals surface area contributed by atoms with Gasteiger partial charge in [-0.1, -0.05) is 24.3 Å². The largest absolute Gasteiger partial charge is 0.450 e. The Kier molecular flexibility index (Phi) is 7.76. The standard InChI is InChI=1S/C20H30N4O2.HI/c1-3-26-19(25)24-12-8-16(9-13-24)23-18(21)22-14-20(10-11-20)17-7-5-4-6-15(17)2;/h4-7,16H,3,8-14H2,1-2H3,(H3,21,22,23);1H. The molecule has 2 aliphatic rings. The molecule has 3 N–H and O–H groups in total. The van der Waals surface area contributed by atoms with Gasteiger partial charge < -0.3 is 20.7 Å². The van der Waals surface area contributed by atoms with Crippen LogP contribution in [0.25, 0.3) is 0 Å². The van der Waals surface area contributed by atoms with Gasteiger partial charge in [-0.3, -0.25) is 4.99 Å². The van der Waals surface area contributed by atoms with E-state index in [-0.39, 0.29) is 41.5 Å². The minimum atomic E-state index is -0.221. The highest BCUT2D eigenvalue weighted by Gasteiger charge is 2.44. The molecular formula is C20H31IN4O2. The third-order valence-corrected chi connectivity index (χ3v) is 5.50. The molecule has 27 heavy (non-hydrogen) atoms. The molecule has 0 radical (unpaired) electrons. The number of carbonyl (C=O) groups excluding carboxylic acids is 1. The summed E-state index contributed by atoms with van der Waals surface area (Å²) in [5.41, 5.74) is 9.04. The van der Waals surface area contributed by atoms with Crippen molar-refractivity contribution < 1.29 is 9.53 Å². The fraction of sp³-hybridized carbons (Fsp3) is 0.600. The normalized spacial score (nSPS) is 19.2. The Bertz CT molecular complexity index is 668. The second kappa shape index (κ2) is 9.61. The van der Waals surface area contributed by atoms with Gasteiger partial charge in [0.2, 0.25) is 0 Å². The molecule has 1 aromatic carbocycles. The highest BCUT2D eigenvalue weighted by Crippen LogP contribution is 2.49. The van der Waals surface area contributed by atoms with Crippen molar-refractivity contribution in [3.05, 3.63) is 35.4 Å². The van der Waals surface area contributed by atoms with E-state index in [1.165, 1.54) is 24.0 Å². The molecule has 1 aliphatic heterocycles. The molecule has 0 bridgehead atoms. The summed E-state index contributed by atoms with van der Waals surface area (Å²) < 4.78 is 5.05. The Morgan fingerprint density at radius 3 is 2.59 bits per heavy atom. The summed E-state index contributed by atoms with van der Waals surface area (Å²) in [5.74, 6) is 0.513. The first-order valence-electron chi connectivity index (χ1n) is 9.58. The number of benzene rings is 1. The maximum Gasteiger partial charge on any atom is 0.409 e. The van der Waals surface area contributed by atoms with E-state index in [4.69, 9.17) is 10.5 Å². The highest BCUT2D eigenvalue weighted by molar-refractivity contribution is 14.0. The minimum Gasteiger partial charge on any atom is -0.450 e. The maximum absolute atomic E-state index is 11.7. The third-order valence-electron chi connectivity index (χ3n) is 5.50. The van der Waals surface area contributed by atoms with Crippen LogP contribution in [0, 0.1) is 6.92 Å². The average molecular weight is 486 g/mol. The van der Waals surface area contributed by atoms with Gasteiger partial charge in [0, 0.05) is 24.5 Å². The number of halogens is 1. The zero-order chi connectivity index (χ0) is 18.6. The van der Waals surface area contributed by atoms with Gasteiger partial charge in [0.05, 0.1) is 13.2 Å². The second-order valence-electron chi connectivity index (χ2n) is 7.40. The number of aliphatic imine (C=N–C) groups is 1. The molecule has 3 rings (SSSR count). The van der Waals surface area contributed by atoms with Crippen molar-refractivity contribution in [1.82, 2.24) is 10.2 Å². The molecule has 0 spiro atoms. The number of guanidine groups is 1. The Hall–Kier alpha value is -1.51. The summed E-state index contributed by atoms with van der Waals surface area (Å²) in [6, 6.07) is 8.82. The topological polar surface area (TPSA) is 80.0 Å². The van der Waals surface area contributed by atoms with E-state index in [9.17, 15) is 4.79 Å². The molecule has 1 saturated carbocycles. The first kappa shape index (κ1) is 21.8. The summed E-state index contributed by atoms with van der Waals surface area (Å²) in [6.45, 7) is 6.52. The number of nitrogens with zero attached hydrogens (tertiary/aromatic N) is 2. The van der Waals surface area contributed by atoms with Crippen molar-refractivity contribution in [2.24, 2.45) is 10.7 Å². The summed E-state index contributed by atoms with van der Waals surface area (Å²) >= 11 is 0. The average Bonchev–Trinajstić information content (AvgIpc) is 3.42. The molecule has 2 fully saturated rings. The van der Waals surface area contributed by atoms with Crippen LogP contribution in [0.5, 0.6) is 0 Å². The molecule has 1 aromatic rings. The molecule has 6 nitrogen and oxygen atoms in total. The summed E-state index contributed by atoms with van der Waals surface area (Å²) in [5, 5.41) is 3.33. The van der Waals surface area contributed by atoms with Gasteiger partial charge in [-0.25, -0.2) is 4.79 Å². The predicted molar refractivity (Wildman–Crippen MR) is 119 cm³/mol. The Morgan fingerprint density at radius 1 is 1.33 bits per heavy atom. The molecule has 0 atom stereocenters. The van der Waals surface area contributed by atoms with Crippen LogP contribution in [-0.4, -0.2) is 49.2 Å². The first-order chi connectivity index (χ1) is 12.5. The van der Waals surface area contributed by atoms with Crippen molar-refractivity contribution in [3.8, 4) is 0 Å². The fourth-order valence-corrected chi connectivity index (χ4v) is 3.74. The molecular weight excluding hydrogens is 455 g/mol. The number of hydrogen-bond acceptors (Lipinski definition) is 3. The van der Waals surface area contributed by atoms with E-state index in [2.05, 4.69) is 41.5 Å². The second-order valence-corrected chi connectivity index (χ2v) is 7.40. The number of nitrogens with one attached hydrogen (secondary N) is 1. The van der Waals surface area contributed by atoms with Crippen LogP contribution in [0.3, 0.4) is 0 Å². The summed E-state index contributed by atoms with van der Waals surface area (Å²) in [4.78, 5) is 18.1. The van der Waals surface area contributed by atoms with Gasteiger partial charge in [-0.05, 0) is 50.7 Å². The van der Waals surface area contributed by atoms with Crippen LogP contribution in [0.15, 0.2) is 29.3 Å². The van der Waals surface area contributed by atoms with E-state index in [1.807, 2.05) is 6.92 Å². The van der Waals surface area contributed by atoms with Crippen molar-refractivity contribution in [1.29, 1.82) is 0 Å². The van der Waals surface area contributed by atoms with Crippen LogP contribution in [0.1, 0.15) is 43.7 Å². The molecule has 7 heteroatoms. The summed E-state index contributed by atoms with van der Waals surface area (Å²) in [7, 11) is 0. The number of aryl methyl sites for hydroxylation is 1. The molecule has 1 saturated heterocycles. The van der Waals surface area contributed by atoms with Crippen molar-refractivity contribution in [2.75, 3.05) is 26.2 Å². The molecule has 150 valence electrons. The number of likely N-dealkylation sites (tertiary alicyclic amines) is 1. The van der Waals surface area contributed by atoms with Crippen LogP contribution >= 0.6 is 24.0 Å². The number of rotatable bonds is 5. The van der Waals surface area contributed by atoms with Crippen molar-refractivity contribution >= 4 is 36.0 Å². The lowest BCUT2D eigenvalue weighted by Gasteiger charge is -2.31. The first-order valence-corrected chi connectivity index (χ1v) is 9.58. The monoisotopic (exact) mass is 486 g/mol. The lowest BCUT2D eigenvalue weighted by Crippen LogP contribution is -2.48. The number of ether oxygens (including phenoxy) is 1. The van der Waals surface area contributed by atoms with E-state index in [0.717, 1.165) is 19.4 Å². The zero-order valence-electron chi connectivity index (χ0n) is 16.2. The number of nitrogens with two attached hydrogens (primary N) is 1. The number of carbonyl (C=O) groups is 1. The highest BCUT2D eigenvalue weighted by atomic mass is 127. The smallest absolute Gasteiger partial charge is 0.409 e. The van der Waals surface area contributed by atoms with E-state index in [0.29, 0.717) is 25.7 Å². The molecule has 1 heterocycles. The van der Waals surface area contributed by atoms with Gasteiger partial charge >= 0.3 is 6.09 Å². The van der Waals surface area contributed by atoms with E-state index in [1.54, 1.807) is 4.90 Å².